The van der Waals surface area contributed by atoms with Crippen molar-refractivity contribution in [1.29, 1.82) is 0 Å². The zero-order valence-electron chi connectivity index (χ0n) is 14.5. The van der Waals surface area contributed by atoms with Crippen molar-refractivity contribution >= 4 is 22.3 Å². The van der Waals surface area contributed by atoms with Gasteiger partial charge in [-0.15, -0.1) is 0 Å². The molecule has 2 aromatic heterocycles. The van der Waals surface area contributed by atoms with Gasteiger partial charge in [-0.3, -0.25) is 9.59 Å². The van der Waals surface area contributed by atoms with Crippen LogP contribution >= 0.6 is 0 Å². The summed E-state index contributed by atoms with van der Waals surface area (Å²) in [7, 11) is 4.95. The van der Waals surface area contributed by atoms with Gasteiger partial charge in [0.25, 0.3) is 5.56 Å². The van der Waals surface area contributed by atoms with Crippen molar-refractivity contribution < 1.29 is 13.6 Å². The van der Waals surface area contributed by atoms with Crippen LogP contribution in [0.2, 0.25) is 0 Å². The van der Waals surface area contributed by atoms with E-state index in [1.165, 1.54) is 29.1 Å². The number of carbonyl (C=O) groups is 1. The standard InChI is InChI=1S/C19H17F2N3O2/c1-23(2)10-14(11-5-4-6-15(20)16(11)21)18(25)13-9-22-17-12(13)7-8-24(3)19(17)26/h4-10,22H,1-3H3. The monoisotopic (exact) mass is 357 g/mol. The van der Waals surface area contributed by atoms with Gasteiger partial charge in [0, 0.05) is 61.8 Å². The molecule has 0 saturated carbocycles. The molecule has 1 N–H and O–H groups in total. The summed E-state index contributed by atoms with van der Waals surface area (Å²) in [5.41, 5.74) is 0.0730. The van der Waals surface area contributed by atoms with Gasteiger partial charge in [0.05, 0.1) is 0 Å². The topological polar surface area (TPSA) is 58.1 Å². The second kappa shape index (κ2) is 6.59. The summed E-state index contributed by atoms with van der Waals surface area (Å²) in [4.78, 5) is 29.6. The van der Waals surface area contributed by atoms with E-state index in [0.717, 1.165) is 6.07 Å². The van der Waals surface area contributed by atoms with E-state index in [0.29, 0.717) is 5.39 Å². The zero-order valence-corrected chi connectivity index (χ0v) is 14.5. The number of benzene rings is 1. The molecule has 134 valence electrons. The number of halogens is 2. The van der Waals surface area contributed by atoms with Crippen LogP contribution in [-0.2, 0) is 7.05 Å². The third-order valence-corrected chi connectivity index (χ3v) is 4.04. The zero-order chi connectivity index (χ0) is 19.0. The maximum absolute atomic E-state index is 14.3. The fraction of sp³-hybridized carbons (Fsp3) is 0.158. The summed E-state index contributed by atoms with van der Waals surface area (Å²) >= 11 is 0. The number of fused-ring (bicyclic) bond motifs is 1. The number of aromatic amines is 1. The SMILES string of the molecule is CN(C)C=C(C(=O)c1c[nH]c2c(=O)n(C)ccc12)c1cccc(F)c1F. The minimum atomic E-state index is -1.09. The van der Waals surface area contributed by atoms with Gasteiger partial charge >= 0.3 is 0 Å². The Hall–Kier alpha value is -3.22. The number of allylic oxidation sites excluding steroid dienone is 1. The number of hydrogen-bond acceptors (Lipinski definition) is 3. The van der Waals surface area contributed by atoms with Gasteiger partial charge in [-0.05, 0) is 12.1 Å². The molecular formula is C19H17F2N3O2. The molecule has 3 aromatic rings. The quantitative estimate of drug-likeness (QED) is 0.577. The van der Waals surface area contributed by atoms with Crippen LogP contribution in [0.1, 0.15) is 15.9 Å². The number of H-pyrrole nitrogens is 1. The summed E-state index contributed by atoms with van der Waals surface area (Å²) in [6, 6.07) is 5.32. The number of aryl methyl sites for hydroxylation is 1. The van der Waals surface area contributed by atoms with E-state index in [1.807, 2.05) is 0 Å². The normalized spacial score (nSPS) is 11.8. The summed E-state index contributed by atoms with van der Waals surface area (Å²) in [5, 5.41) is 0.430. The molecule has 0 bridgehead atoms. The van der Waals surface area contributed by atoms with Crippen molar-refractivity contribution in [2.45, 2.75) is 0 Å². The average molecular weight is 357 g/mol. The smallest absolute Gasteiger partial charge is 0.274 e. The van der Waals surface area contributed by atoms with Crippen LogP contribution < -0.4 is 5.56 Å². The van der Waals surface area contributed by atoms with Crippen molar-refractivity contribution in [3.05, 3.63) is 76.0 Å². The predicted octanol–water partition coefficient (Wildman–Crippen LogP) is 2.93. The van der Waals surface area contributed by atoms with Crippen LogP contribution in [0.4, 0.5) is 8.78 Å². The number of nitrogens with zero attached hydrogens (tertiary/aromatic N) is 2. The summed E-state index contributed by atoms with van der Waals surface area (Å²) in [6.45, 7) is 0. The van der Waals surface area contributed by atoms with Crippen LogP contribution in [0, 0.1) is 11.6 Å². The number of ketones is 1. The van der Waals surface area contributed by atoms with Gasteiger partial charge in [-0.2, -0.15) is 0 Å². The van der Waals surface area contributed by atoms with Crippen molar-refractivity contribution in [2.75, 3.05) is 14.1 Å². The number of Topliss-reactive ketones (excluding diaryl/α,β-unsaturated/α-hetero) is 1. The average Bonchev–Trinajstić information content (AvgIpc) is 3.03. The Kier molecular flexibility index (Phi) is 4.46. The summed E-state index contributed by atoms with van der Waals surface area (Å²) < 4.78 is 29.3. The van der Waals surface area contributed by atoms with Gasteiger partial charge in [0.1, 0.15) is 5.52 Å². The Bertz CT molecular complexity index is 1090. The highest BCUT2D eigenvalue weighted by atomic mass is 19.2. The first kappa shape index (κ1) is 17.6. The van der Waals surface area contributed by atoms with Gasteiger partial charge in [0.2, 0.25) is 0 Å². The molecule has 26 heavy (non-hydrogen) atoms. The molecule has 0 unspecified atom stereocenters. The molecule has 7 heteroatoms. The lowest BCUT2D eigenvalue weighted by atomic mass is 9.96. The van der Waals surface area contributed by atoms with Gasteiger partial charge in [-0.1, -0.05) is 12.1 Å². The number of nitrogens with one attached hydrogen (secondary N) is 1. The second-order valence-corrected chi connectivity index (χ2v) is 6.16. The first-order valence-electron chi connectivity index (χ1n) is 7.85. The van der Waals surface area contributed by atoms with E-state index in [1.54, 1.807) is 38.3 Å². The van der Waals surface area contributed by atoms with Crippen LogP contribution in [0.5, 0.6) is 0 Å². The Balaban J connectivity index is 2.21. The molecule has 0 spiro atoms. The highest BCUT2D eigenvalue weighted by molar-refractivity contribution is 6.32. The van der Waals surface area contributed by atoms with Crippen molar-refractivity contribution in [3.8, 4) is 0 Å². The maximum atomic E-state index is 14.3. The largest absolute Gasteiger partial charge is 0.383 e. The Morgan fingerprint density at radius 1 is 1.19 bits per heavy atom. The number of rotatable bonds is 4. The van der Waals surface area contributed by atoms with E-state index in [2.05, 4.69) is 4.98 Å². The summed E-state index contributed by atoms with van der Waals surface area (Å²) in [5.74, 6) is -2.64. The van der Waals surface area contributed by atoms with Gasteiger partial charge in [0.15, 0.2) is 17.4 Å². The number of hydrogen-bond donors (Lipinski definition) is 1. The molecule has 0 atom stereocenters. The lowest BCUT2D eigenvalue weighted by Crippen LogP contribution is -2.16. The molecule has 0 aliphatic rings. The molecule has 5 nitrogen and oxygen atoms in total. The van der Waals surface area contributed by atoms with Crippen LogP contribution in [0.15, 0.2) is 47.7 Å². The lowest BCUT2D eigenvalue weighted by molar-refractivity contribution is 0.105. The molecule has 2 heterocycles. The first-order valence-corrected chi connectivity index (χ1v) is 7.85. The van der Waals surface area contributed by atoms with Crippen LogP contribution in [0.25, 0.3) is 16.5 Å². The molecule has 0 amide bonds. The third kappa shape index (κ3) is 2.92. The fourth-order valence-electron chi connectivity index (χ4n) is 2.77. The lowest BCUT2D eigenvalue weighted by Gasteiger charge is -2.12. The number of carbonyl (C=O) groups excluding carboxylic acids is 1. The maximum Gasteiger partial charge on any atom is 0.274 e. The predicted molar refractivity (Wildman–Crippen MR) is 95.9 cm³/mol. The molecule has 0 aliphatic heterocycles. The van der Waals surface area contributed by atoms with E-state index in [4.69, 9.17) is 0 Å². The Labute approximate surface area is 148 Å². The highest BCUT2D eigenvalue weighted by Crippen LogP contribution is 2.27. The second-order valence-electron chi connectivity index (χ2n) is 6.16. The highest BCUT2D eigenvalue weighted by Gasteiger charge is 2.23. The third-order valence-electron chi connectivity index (χ3n) is 4.04. The van der Waals surface area contributed by atoms with Crippen molar-refractivity contribution in [3.63, 3.8) is 0 Å². The molecular weight excluding hydrogens is 340 g/mol. The molecule has 0 saturated heterocycles. The van der Waals surface area contributed by atoms with Crippen LogP contribution in [0.3, 0.4) is 0 Å². The molecule has 0 radical (unpaired) electrons. The van der Waals surface area contributed by atoms with Gasteiger partial charge in [-0.25, -0.2) is 8.78 Å². The fourth-order valence-corrected chi connectivity index (χ4v) is 2.77. The summed E-state index contributed by atoms with van der Waals surface area (Å²) in [6.07, 6.45) is 4.39. The van der Waals surface area contributed by atoms with E-state index in [-0.39, 0.29) is 27.8 Å². The minimum absolute atomic E-state index is 0.00595. The molecule has 3 rings (SSSR count). The molecule has 1 aromatic carbocycles. The Morgan fingerprint density at radius 2 is 1.92 bits per heavy atom. The van der Waals surface area contributed by atoms with E-state index >= 15 is 0 Å². The Morgan fingerprint density at radius 3 is 2.62 bits per heavy atom. The molecule has 0 aliphatic carbocycles. The van der Waals surface area contributed by atoms with Crippen molar-refractivity contribution in [1.82, 2.24) is 14.5 Å². The number of aromatic nitrogens is 2. The van der Waals surface area contributed by atoms with Crippen molar-refractivity contribution in [2.24, 2.45) is 7.05 Å². The minimum Gasteiger partial charge on any atom is -0.383 e. The van der Waals surface area contributed by atoms with E-state index < -0.39 is 17.4 Å². The van der Waals surface area contributed by atoms with Gasteiger partial charge < -0.3 is 14.5 Å². The molecule has 0 fully saturated rings. The van der Waals surface area contributed by atoms with E-state index in [9.17, 15) is 18.4 Å². The van der Waals surface area contributed by atoms with Crippen LogP contribution in [-0.4, -0.2) is 34.3 Å². The first-order chi connectivity index (χ1) is 12.3. The number of pyridine rings is 1.